The van der Waals surface area contributed by atoms with Crippen LogP contribution in [-0.2, 0) is 16.1 Å². The largest absolute Gasteiger partial charge is 0.308 e. The van der Waals surface area contributed by atoms with Crippen LogP contribution in [0.5, 0.6) is 0 Å². The van der Waals surface area contributed by atoms with Gasteiger partial charge in [0.25, 0.3) is 11.8 Å². The Balaban J connectivity index is 1.68. The normalized spacial score (nSPS) is 18.2. The van der Waals surface area contributed by atoms with Crippen molar-refractivity contribution in [3.8, 4) is 0 Å². The molecule has 0 radical (unpaired) electrons. The van der Waals surface area contributed by atoms with Gasteiger partial charge in [0.1, 0.15) is 4.32 Å². The van der Waals surface area contributed by atoms with Crippen LogP contribution in [0, 0.1) is 0 Å². The van der Waals surface area contributed by atoms with Gasteiger partial charge in [-0.3, -0.25) is 14.5 Å². The minimum absolute atomic E-state index is 0.132. The van der Waals surface area contributed by atoms with E-state index in [1.165, 1.54) is 16.7 Å². The lowest BCUT2D eigenvalue weighted by molar-refractivity contribution is -0.122. The van der Waals surface area contributed by atoms with Crippen LogP contribution in [0.25, 0.3) is 5.57 Å². The summed E-state index contributed by atoms with van der Waals surface area (Å²) >= 11 is 16.5. The monoisotopic (exact) mass is 548 g/mol. The number of carbonyl (C=O) groups excluding carboxylic acids is 2. The molecule has 2 aliphatic rings. The van der Waals surface area contributed by atoms with E-state index in [0.717, 1.165) is 47.0 Å². The van der Waals surface area contributed by atoms with Crippen molar-refractivity contribution >= 4 is 78.9 Å². The molecule has 2 aliphatic heterocycles. The molecule has 0 aromatic heterocycles. The van der Waals surface area contributed by atoms with E-state index in [4.69, 9.17) is 23.8 Å². The van der Waals surface area contributed by atoms with Crippen LogP contribution in [0.15, 0.2) is 51.8 Å². The minimum atomic E-state index is -0.248. The number of thioether (sulfide) groups is 1. The van der Waals surface area contributed by atoms with Gasteiger partial charge in [-0.25, -0.2) is 0 Å². The zero-order chi connectivity index (χ0) is 22.8. The maximum absolute atomic E-state index is 13.5. The number of hydrogen-bond acceptors (Lipinski definition) is 4. The number of thiocarbonyl (C=S) groups is 1. The molecule has 0 aliphatic carbocycles. The first kappa shape index (κ1) is 23.5. The third kappa shape index (κ3) is 4.53. The van der Waals surface area contributed by atoms with Crippen LogP contribution in [0.2, 0.25) is 5.02 Å². The van der Waals surface area contributed by atoms with Crippen LogP contribution < -0.4 is 4.90 Å². The summed E-state index contributed by atoms with van der Waals surface area (Å²) in [6.45, 7) is 3.08. The van der Waals surface area contributed by atoms with Crippen molar-refractivity contribution in [2.75, 3.05) is 11.4 Å². The molecule has 2 heterocycles. The first-order valence-corrected chi connectivity index (χ1v) is 12.9. The standard InChI is InChI=1S/C24H22BrClN2O2S2/c1-2-3-4-7-12-27-19-11-10-16(25)13-17(19)20(22(27)29)21-23(30)28(24(31)32-21)14-15-8-5-6-9-18(15)26/h5-6,8-11,13H,2-4,7,12,14H2,1H3/b21-20-. The predicted molar refractivity (Wildman–Crippen MR) is 140 cm³/mol. The Morgan fingerprint density at radius 3 is 2.56 bits per heavy atom. The molecule has 2 amide bonds. The number of hydrogen-bond donors (Lipinski definition) is 0. The fourth-order valence-corrected chi connectivity index (χ4v) is 5.81. The maximum atomic E-state index is 13.5. The van der Waals surface area contributed by atoms with E-state index in [0.29, 0.717) is 26.4 Å². The Morgan fingerprint density at radius 2 is 1.81 bits per heavy atom. The smallest absolute Gasteiger partial charge is 0.267 e. The third-order valence-corrected chi connectivity index (χ3v) is 7.89. The SMILES string of the molecule is CCCCCCN1C(=O)/C(=C2\SC(=S)N(Cc3ccccc3Cl)C2=O)c2cc(Br)ccc21. The van der Waals surface area contributed by atoms with Gasteiger partial charge >= 0.3 is 0 Å². The molecule has 4 rings (SSSR count). The van der Waals surface area contributed by atoms with Gasteiger partial charge in [-0.1, -0.05) is 95.9 Å². The van der Waals surface area contributed by atoms with Crippen LogP contribution in [-0.4, -0.2) is 27.6 Å². The minimum Gasteiger partial charge on any atom is -0.308 e. The second-order valence-electron chi connectivity index (χ2n) is 7.73. The van der Waals surface area contributed by atoms with E-state index in [1.54, 1.807) is 11.0 Å². The molecule has 0 saturated carbocycles. The fourth-order valence-electron chi connectivity index (χ4n) is 3.92. The first-order chi connectivity index (χ1) is 15.4. The van der Waals surface area contributed by atoms with Gasteiger partial charge in [0, 0.05) is 21.6 Å². The lowest BCUT2D eigenvalue weighted by Gasteiger charge is -2.17. The lowest BCUT2D eigenvalue weighted by atomic mass is 10.1. The van der Waals surface area contributed by atoms with Gasteiger partial charge in [-0.15, -0.1) is 0 Å². The highest BCUT2D eigenvalue weighted by Crippen LogP contribution is 2.46. The number of halogens is 2. The second kappa shape index (κ2) is 10.1. The molecule has 1 saturated heterocycles. The second-order valence-corrected chi connectivity index (χ2v) is 10.7. The topological polar surface area (TPSA) is 40.6 Å². The van der Waals surface area contributed by atoms with Gasteiger partial charge in [-0.2, -0.15) is 0 Å². The van der Waals surface area contributed by atoms with E-state index in [-0.39, 0.29) is 18.4 Å². The van der Waals surface area contributed by atoms with Crippen molar-refractivity contribution in [1.82, 2.24) is 4.90 Å². The first-order valence-electron chi connectivity index (χ1n) is 10.6. The number of benzene rings is 2. The summed E-state index contributed by atoms with van der Waals surface area (Å²) in [4.78, 5) is 30.6. The van der Waals surface area contributed by atoms with Crippen LogP contribution in [0.3, 0.4) is 0 Å². The van der Waals surface area contributed by atoms with E-state index < -0.39 is 0 Å². The molecular formula is C24H22BrClN2O2S2. The molecule has 0 bridgehead atoms. The average molecular weight is 550 g/mol. The molecular weight excluding hydrogens is 528 g/mol. The van der Waals surface area contributed by atoms with Gasteiger partial charge in [0.15, 0.2) is 0 Å². The lowest BCUT2D eigenvalue weighted by Crippen LogP contribution is -2.29. The molecule has 1 fully saturated rings. The molecule has 0 spiro atoms. The van der Waals surface area contributed by atoms with Crippen molar-refractivity contribution in [1.29, 1.82) is 0 Å². The predicted octanol–water partition coefficient (Wildman–Crippen LogP) is 6.80. The van der Waals surface area contributed by atoms with E-state index >= 15 is 0 Å². The summed E-state index contributed by atoms with van der Waals surface area (Å²) in [5, 5.41) is 0.582. The van der Waals surface area contributed by atoms with Gasteiger partial charge in [0.2, 0.25) is 0 Å². The summed E-state index contributed by atoms with van der Waals surface area (Å²) in [7, 11) is 0. The third-order valence-electron chi connectivity index (χ3n) is 5.58. The molecule has 32 heavy (non-hydrogen) atoms. The molecule has 8 heteroatoms. The van der Waals surface area contributed by atoms with Gasteiger partial charge in [0.05, 0.1) is 22.7 Å². The van der Waals surface area contributed by atoms with Crippen LogP contribution >= 0.6 is 51.5 Å². The van der Waals surface area contributed by atoms with E-state index in [1.807, 2.05) is 36.4 Å². The molecule has 2 aromatic rings. The number of amides is 2. The van der Waals surface area contributed by atoms with Gasteiger partial charge in [-0.05, 0) is 36.2 Å². The van der Waals surface area contributed by atoms with E-state index in [9.17, 15) is 9.59 Å². The molecule has 166 valence electrons. The number of nitrogens with zero attached hydrogens (tertiary/aromatic N) is 2. The Labute approximate surface area is 211 Å². The number of unbranched alkanes of at least 4 members (excludes halogenated alkanes) is 3. The molecule has 0 unspecified atom stereocenters. The van der Waals surface area contributed by atoms with E-state index in [2.05, 4.69) is 22.9 Å². The Morgan fingerprint density at radius 1 is 1.03 bits per heavy atom. The summed E-state index contributed by atoms with van der Waals surface area (Å²) in [5.74, 6) is -0.380. The van der Waals surface area contributed by atoms with Crippen molar-refractivity contribution in [2.45, 2.75) is 39.2 Å². The average Bonchev–Trinajstić information content (AvgIpc) is 3.19. The number of carbonyl (C=O) groups is 2. The number of anilines is 1. The van der Waals surface area contributed by atoms with Crippen molar-refractivity contribution in [3.63, 3.8) is 0 Å². The zero-order valence-corrected chi connectivity index (χ0v) is 21.5. The maximum Gasteiger partial charge on any atom is 0.267 e. The molecule has 4 nitrogen and oxygen atoms in total. The highest BCUT2D eigenvalue weighted by atomic mass is 79.9. The molecule has 2 aromatic carbocycles. The van der Waals surface area contributed by atoms with Gasteiger partial charge < -0.3 is 4.90 Å². The Kier molecular flexibility index (Phi) is 7.40. The van der Waals surface area contributed by atoms with Crippen LogP contribution in [0.4, 0.5) is 5.69 Å². The quantitative estimate of drug-likeness (QED) is 0.216. The summed E-state index contributed by atoms with van der Waals surface area (Å²) in [6, 6.07) is 13.2. The highest BCUT2D eigenvalue weighted by molar-refractivity contribution is 9.10. The Bertz CT molecular complexity index is 1130. The fraction of sp³-hybridized carbons (Fsp3) is 0.292. The van der Waals surface area contributed by atoms with Crippen molar-refractivity contribution in [3.05, 3.63) is 68.0 Å². The van der Waals surface area contributed by atoms with Crippen molar-refractivity contribution in [2.24, 2.45) is 0 Å². The van der Waals surface area contributed by atoms with Crippen molar-refractivity contribution < 1.29 is 9.59 Å². The molecule has 0 atom stereocenters. The summed E-state index contributed by atoms with van der Waals surface area (Å²) < 4.78 is 1.30. The Hall–Kier alpha value is -1.67. The summed E-state index contributed by atoms with van der Waals surface area (Å²) in [5.41, 5.74) is 2.88. The number of rotatable bonds is 7. The molecule has 0 N–H and O–H groups in total. The summed E-state index contributed by atoms with van der Waals surface area (Å²) in [6.07, 6.45) is 4.27. The zero-order valence-electron chi connectivity index (χ0n) is 17.6. The van der Waals surface area contributed by atoms with Crippen LogP contribution in [0.1, 0.15) is 43.7 Å². The highest BCUT2D eigenvalue weighted by Gasteiger charge is 2.42. The number of fused-ring (bicyclic) bond motifs is 1.